The van der Waals surface area contributed by atoms with Crippen LogP contribution in [0.5, 0.6) is 0 Å². The highest BCUT2D eigenvalue weighted by atomic mass is 32.2. The zero-order chi connectivity index (χ0) is 17.8. The van der Waals surface area contributed by atoms with Crippen molar-refractivity contribution >= 4 is 14.9 Å². The zero-order valence-corrected chi connectivity index (χ0v) is 13.0. The monoisotopic (exact) mass is 361 g/mol. The molecule has 12 heteroatoms. The predicted octanol–water partition coefficient (Wildman–Crippen LogP) is 2.42. The van der Waals surface area contributed by atoms with Gasteiger partial charge in [-0.3, -0.25) is 4.68 Å². The summed E-state index contributed by atoms with van der Waals surface area (Å²) in [5.74, 6) is 0. The van der Waals surface area contributed by atoms with Crippen molar-refractivity contribution in [2.24, 2.45) is 12.2 Å². The van der Waals surface area contributed by atoms with Crippen LogP contribution in [0.3, 0.4) is 0 Å². The van der Waals surface area contributed by atoms with Crippen LogP contribution in [0.1, 0.15) is 31.5 Å². The lowest BCUT2D eigenvalue weighted by atomic mass is 10.1. The first kappa shape index (κ1) is 17.6. The predicted molar refractivity (Wildman–Crippen MR) is 68.2 cm³/mol. The molecule has 0 N–H and O–H groups in total. The SMILES string of the molecule is Cn1cc(C(F)(F)S(=O)(=O)C2=NOC(C)(C)C2)c(C(F)(F)F)n1. The normalized spacial score (nSPS) is 18.7. The Morgan fingerprint density at radius 3 is 2.26 bits per heavy atom. The minimum Gasteiger partial charge on any atom is -0.389 e. The molecule has 130 valence electrons. The first-order valence-corrected chi connectivity index (χ1v) is 7.65. The summed E-state index contributed by atoms with van der Waals surface area (Å²) in [7, 11) is -4.52. The number of nitrogens with zero attached hydrogens (tertiary/aromatic N) is 3. The lowest BCUT2D eigenvalue weighted by molar-refractivity contribution is -0.143. The van der Waals surface area contributed by atoms with E-state index in [1.807, 2.05) is 0 Å². The van der Waals surface area contributed by atoms with E-state index in [1.165, 1.54) is 13.8 Å². The van der Waals surface area contributed by atoms with Gasteiger partial charge in [0.05, 0.1) is 5.56 Å². The molecule has 23 heavy (non-hydrogen) atoms. The molecule has 0 aromatic carbocycles. The Labute approximate surface area is 127 Å². The molecule has 0 radical (unpaired) electrons. The molecule has 2 heterocycles. The molecule has 0 amide bonds. The number of aryl methyl sites for hydroxylation is 1. The molecule has 1 aliphatic rings. The van der Waals surface area contributed by atoms with Crippen molar-refractivity contribution in [2.75, 3.05) is 0 Å². The number of aromatic nitrogens is 2. The van der Waals surface area contributed by atoms with E-state index in [4.69, 9.17) is 4.84 Å². The molecule has 0 atom stereocenters. The molecule has 6 nitrogen and oxygen atoms in total. The number of hydrogen-bond donors (Lipinski definition) is 0. The van der Waals surface area contributed by atoms with Gasteiger partial charge in [-0.15, -0.1) is 0 Å². The summed E-state index contributed by atoms with van der Waals surface area (Å²) in [5, 5.41) is 0.122. The van der Waals surface area contributed by atoms with Gasteiger partial charge in [-0.2, -0.15) is 27.1 Å². The average Bonchev–Trinajstić information content (AvgIpc) is 2.92. The molecule has 0 saturated heterocycles. The number of oxime groups is 1. The van der Waals surface area contributed by atoms with Gasteiger partial charge in [0.2, 0.25) is 0 Å². The number of sulfone groups is 1. The molecular weight excluding hydrogens is 349 g/mol. The Hall–Kier alpha value is -1.72. The fraction of sp³-hybridized carbons (Fsp3) is 0.636. The van der Waals surface area contributed by atoms with Crippen molar-refractivity contribution in [1.29, 1.82) is 0 Å². The maximum absolute atomic E-state index is 14.4. The molecular formula is C11H12F5N3O3S. The number of alkyl halides is 5. The van der Waals surface area contributed by atoms with E-state index in [1.54, 1.807) is 0 Å². The molecule has 0 bridgehead atoms. The molecule has 2 rings (SSSR count). The quantitative estimate of drug-likeness (QED) is 0.759. The second-order valence-electron chi connectivity index (χ2n) is 5.60. The van der Waals surface area contributed by atoms with Crippen molar-refractivity contribution in [2.45, 2.75) is 37.3 Å². The topological polar surface area (TPSA) is 73.5 Å². The minimum absolute atomic E-state index is 0.321. The van der Waals surface area contributed by atoms with Gasteiger partial charge in [0, 0.05) is 19.7 Å². The van der Waals surface area contributed by atoms with Crippen LogP contribution in [0.25, 0.3) is 0 Å². The van der Waals surface area contributed by atoms with Crippen LogP contribution >= 0.6 is 0 Å². The molecule has 0 aliphatic carbocycles. The summed E-state index contributed by atoms with van der Waals surface area (Å²) in [6.07, 6.45) is -5.39. The van der Waals surface area contributed by atoms with E-state index in [2.05, 4.69) is 10.3 Å². The molecule has 0 saturated carbocycles. The third kappa shape index (κ3) is 2.91. The standard InChI is InChI=1S/C11H12F5N3O3S/c1-9(2)4-7(18-22-9)23(20,21)11(15,16)6-5-19(3)17-8(6)10(12,13)14/h5H,4H2,1-3H3. The van der Waals surface area contributed by atoms with E-state index in [0.717, 1.165) is 7.05 Å². The van der Waals surface area contributed by atoms with Gasteiger partial charge in [0.1, 0.15) is 5.60 Å². The summed E-state index contributed by atoms with van der Waals surface area (Å²) < 4.78 is 91.8. The van der Waals surface area contributed by atoms with E-state index in [-0.39, 0.29) is 0 Å². The highest BCUT2D eigenvalue weighted by Crippen LogP contribution is 2.43. The van der Waals surface area contributed by atoms with Crippen LogP contribution in [0.2, 0.25) is 0 Å². The van der Waals surface area contributed by atoms with E-state index in [0.29, 0.717) is 10.9 Å². The molecule has 1 aromatic rings. The Morgan fingerprint density at radius 1 is 1.26 bits per heavy atom. The van der Waals surface area contributed by atoms with Crippen molar-refractivity contribution in [3.63, 3.8) is 0 Å². The van der Waals surface area contributed by atoms with Crippen molar-refractivity contribution in [3.8, 4) is 0 Å². The van der Waals surface area contributed by atoms with E-state index in [9.17, 15) is 30.4 Å². The van der Waals surface area contributed by atoms with Crippen LogP contribution < -0.4 is 0 Å². The van der Waals surface area contributed by atoms with Crippen LogP contribution in [-0.4, -0.2) is 28.8 Å². The summed E-state index contributed by atoms with van der Waals surface area (Å²) in [6.45, 7) is 2.81. The second kappa shape index (κ2) is 4.89. The lowest BCUT2D eigenvalue weighted by Gasteiger charge is -2.18. The molecule has 0 fully saturated rings. The van der Waals surface area contributed by atoms with Gasteiger partial charge >= 0.3 is 11.4 Å². The lowest BCUT2D eigenvalue weighted by Crippen LogP contribution is -2.35. The summed E-state index contributed by atoms with van der Waals surface area (Å²) in [4.78, 5) is 4.71. The Bertz CT molecular complexity index is 764. The van der Waals surface area contributed by atoms with Gasteiger partial charge in [-0.05, 0) is 13.8 Å². The van der Waals surface area contributed by atoms with Crippen LogP contribution in [0, 0.1) is 0 Å². The van der Waals surface area contributed by atoms with Crippen molar-refractivity contribution in [3.05, 3.63) is 17.5 Å². The summed E-state index contributed by atoms with van der Waals surface area (Å²) >= 11 is 0. The van der Waals surface area contributed by atoms with Crippen LogP contribution in [-0.2, 0) is 33.2 Å². The smallest absolute Gasteiger partial charge is 0.389 e. The molecule has 1 aromatic heterocycles. The summed E-state index contributed by atoms with van der Waals surface area (Å²) in [6, 6.07) is 0. The molecule has 1 aliphatic heterocycles. The van der Waals surface area contributed by atoms with Gasteiger partial charge in [-0.1, -0.05) is 5.16 Å². The van der Waals surface area contributed by atoms with Crippen molar-refractivity contribution < 1.29 is 35.2 Å². The van der Waals surface area contributed by atoms with Gasteiger partial charge in [-0.25, -0.2) is 8.42 Å². The van der Waals surface area contributed by atoms with Crippen molar-refractivity contribution in [1.82, 2.24) is 9.78 Å². The fourth-order valence-corrected chi connectivity index (χ4v) is 3.36. The van der Waals surface area contributed by atoms with Gasteiger partial charge in [0.25, 0.3) is 9.84 Å². The molecule has 0 spiro atoms. The third-order valence-electron chi connectivity index (χ3n) is 3.03. The highest BCUT2D eigenvalue weighted by Gasteiger charge is 2.57. The van der Waals surface area contributed by atoms with Crippen LogP contribution in [0.4, 0.5) is 22.0 Å². The van der Waals surface area contributed by atoms with E-state index < -0.39 is 49.6 Å². The van der Waals surface area contributed by atoms with Crippen LogP contribution in [0.15, 0.2) is 11.4 Å². The number of rotatable bonds is 2. The maximum Gasteiger partial charge on any atom is 0.435 e. The Morgan fingerprint density at radius 2 is 1.83 bits per heavy atom. The van der Waals surface area contributed by atoms with E-state index >= 15 is 0 Å². The Balaban J connectivity index is 2.55. The fourth-order valence-electron chi connectivity index (χ4n) is 1.95. The third-order valence-corrected chi connectivity index (χ3v) is 4.76. The Kier molecular flexibility index (Phi) is 3.75. The van der Waals surface area contributed by atoms with Gasteiger partial charge < -0.3 is 4.84 Å². The van der Waals surface area contributed by atoms with Gasteiger partial charge in [0.15, 0.2) is 10.7 Å². The molecule has 0 unspecified atom stereocenters. The highest BCUT2D eigenvalue weighted by molar-refractivity contribution is 8.06. The first-order chi connectivity index (χ1) is 10.2. The number of halogens is 5. The summed E-state index contributed by atoms with van der Waals surface area (Å²) in [5.41, 5.74) is -4.85. The number of hydrogen-bond acceptors (Lipinski definition) is 5. The second-order valence-corrected chi connectivity index (χ2v) is 7.59. The first-order valence-electron chi connectivity index (χ1n) is 6.17. The average molecular weight is 361 g/mol. The minimum atomic E-state index is -5.49. The largest absolute Gasteiger partial charge is 0.435 e. The zero-order valence-electron chi connectivity index (χ0n) is 12.1. The maximum atomic E-state index is 14.4.